The van der Waals surface area contributed by atoms with E-state index in [2.05, 4.69) is 36.3 Å². The van der Waals surface area contributed by atoms with E-state index in [0.29, 0.717) is 5.02 Å². The van der Waals surface area contributed by atoms with Gasteiger partial charge in [0.1, 0.15) is 6.04 Å². The second-order valence-electron chi connectivity index (χ2n) is 4.91. The third-order valence-corrected chi connectivity index (χ3v) is 3.84. The topological polar surface area (TPSA) is 72.0 Å². The van der Waals surface area contributed by atoms with Crippen molar-refractivity contribution in [3.8, 4) is 0 Å². The highest BCUT2D eigenvalue weighted by molar-refractivity contribution is 9.10. The first kappa shape index (κ1) is 16.4. The second kappa shape index (κ2) is 7.33. The fraction of sp³-hybridized carbons (Fsp3) is 0.385. The fourth-order valence-corrected chi connectivity index (χ4v) is 2.48. The third-order valence-electron chi connectivity index (χ3n) is 3.08. The van der Waals surface area contributed by atoms with E-state index in [1.54, 1.807) is 12.4 Å². The van der Waals surface area contributed by atoms with E-state index in [-0.39, 0.29) is 6.04 Å². The van der Waals surface area contributed by atoms with Gasteiger partial charge in [-0.05, 0) is 42.2 Å². The van der Waals surface area contributed by atoms with Crippen molar-refractivity contribution in [2.75, 3.05) is 20.6 Å². The van der Waals surface area contributed by atoms with Crippen molar-refractivity contribution >= 4 is 27.5 Å². The molecule has 0 saturated carbocycles. The molecule has 6 nitrogen and oxygen atoms in total. The van der Waals surface area contributed by atoms with E-state index in [9.17, 15) is 0 Å². The van der Waals surface area contributed by atoms with Crippen LogP contribution in [0.15, 0.2) is 29.0 Å². The van der Waals surface area contributed by atoms with Gasteiger partial charge >= 0.3 is 0 Å². The Balaban J connectivity index is 2.33. The zero-order valence-electron chi connectivity index (χ0n) is 11.9. The van der Waals surface area contributed by atoms with Gasteiger partial charge in [-0.3, -0.25) is 15.5 Å². The van der Waals surface area contributed by atoms with E-state index >= 15 is 0 Å². The summed E-state index contributed by atoms with van der Waals surface area (Å²) < 4.78 is 2.77. The number of halogens is 2. The van der Waals surface area contributed by atoms with Crippen molar-refractivity contribution in [3.05, 3.63) is 45.4 Å². The van der Waals surface area contributed by atoms with Crippen molar-refractivity contribution in [1.29, 1.82) is 0 Å². The lowest BCUT2D eigenvalue weighted by atomic mass is 10.1. The van der Waals surface area contributed by atoms with Crippen LogP contribution in [0.25, 0.3) is 0 Å². The van der Waals surface area contributed by atoms with Crippen LogP contribution in [0.5, 0.6) is 0 Å². The summed E-state index contributed by atoms with van der Waals surface area (Å²) in [5.41, 5.74) is 4.37. The largest absolute Gasteiger partial charge is 0.308 e. The van der Waals surface area contributed by atoms with Gasteiger partial charge in [-0.15, -0.1) is 0 Å². The minimum atomic E-state index is -0.310. The van der Waals surface area contributed by atoms with E-state index in [1.807, 2.05) is 30.9 Å². The summed E-state index contributed by atoms with van der Waals surface area (Å²) in [6, 6.07) is 3.50. The summed E-state index contributed by atoms with van der Waals surface area (Å²) in [7, 11) is 4.03. The van der Waals surface area contributed by atoms with Gasteiger partial charge in [0.2, 0.25) is 0 Å². The molecule has 2 rings (SSSR count). The Morgan fingerprint density at radius 1 is 1.43 bits per heavy atom. The highest BCUT2D eigenvalue weighted by Crippen LogP contribution is 2.27. The quantitative estimate of drug-likeness (QED) is 0.597. The summed E-state index contributed by atoms with van der Waals surface area (Å²) in [5.74, 6) is 5.72. The number of hydrogen-bond acceptors (Lipinski definition) is 5. The summed E-state index contributed by atoms with van der Waals surface area (Å²) in [5, 5.41) is 4.90. The van der Waals surface area contributed by atoms with Crippen molar-refractivity contribution in [2.45, 2.75) is 12.6 Å². The minimum absolute atomic E-state index is 0.310. The van der Waals surface area contributed by atoms with Crippen LogP contribution in [0.2, 0.25) is 5.02 Å². The smallest absolute Gasteiger partial charge is 0.106 e. The van der Waals surface area contributed by atoms with Gasteiger partial charge in [0.05, 0.1) is 29.2 Å². The van der Waals surface area contributed by atoms with Crippen molar-refractivity contribution in [2.24, 2.45) is 5.84 Å². The van der Waals surface area contributed by atoms with Gasteiger partial charge in [0.25, 0.3) is 0 Å². The molecule has 0 bridgehead atoms. The Morgan fingerprint density at radius 3 is 2.76 bits per heavy atom. The highest BCUT2D eigenvalue weighted by Gasteiger charge is 2.22. The van der Waals surface area contributed by atoms with Crippen LogP contribution < -0.4 is 11.3 Å². The number of nitrogens with zero attached hydrogens (tertiary/aromatic N) is 4. The van der Waals surface area contributed by atoms with Crippen LogP contribution in [0.4, 0.5) is 0 Å². The maximum atomic E-state index is 6.29. The molecule has 1 atom stereocenters. The molecule has 1 unspecified atom stereocenters. The summed E-state index contributed by atoms with van der Waals surface area (Å²) in [6.07, 6.45) is 3.36. The van der Waals surface area contributed by atoms with Gasteiger partial charge in [0.15, 0.2) is 0 Å². The van der Waals surface area contributed by atoms with Crippen LogP contribution in [-0.4, -0.2) is 40.3 Å². The highest BCUT2D eigenvalue weighted by atomic mass is 79.9. The monoisotopic (exact) mass is 372 g/mol. The Bertz CT molecular complexity index is 583. The Hall–Kier alpha value is -0.990. The van der Waals surface area contributed by atoms with E-state index in [1.165, 1.54) is 0 Å². The number of rotatable bonds is 6. The number of nitrogens with two attached hydrogens (primary N) is 1. The van der Waals surface area contributed by atoms with Gasteiger partial charge in [-0.1, -0.05) is 11.6 Å². The van der Waals surface area contributed by atoms with Crippen LogP contribution in [0, 0.1) is 0 Å². The molecule has 0 fully saturated rings. The molecule has 3 N–H and O–H groups in total. The fourth-order valence-electron chi connectivity index (χ4n) is 1.99. The van der Waals surface area contributed by atoms with Crippen molar-refractivity contribution in [3.63, 3.8) is 0 Å². The molecule has 2 aromatic rings. The van der Waals surface area contributed by atoms with E-state index < -0.39 is 0 Å². The van der Waals surface area contributed by atoms with E-state index in [0.717, 1.165) is 29.0 Å². The maximum absolute atomic E-state index is 6.29. The zero-order chi connectivity index (χ0) is 15.4. The van der Waals surface area contributed by atoms with Crippen LogP contribution in [0.3, 0.4) is 0 Å². The Labute approximate surface area is 137 Å². The standard InChI is InChI=1S/C13H18BrClN6/c1-20(2)5-6-21-13(10(15)8-18-21)12(19-16)11-4-3-9(14)7-17-11/h3-4,7-8,12,19H,5-6,16H2,1-2H3. The second-order valence-corrected chi connectivity index (χ2v) is 6.23. The average Bonchev–Trinajstić information content (AvgIpc) is 2.81. The van der Waals surface area contributed by atoms with Gasteiger partial charge in [0, 0.05) is 17.2 Å². The first-order valence-corrected chi connectivity index (χ1v) is 7.63. The molecule has 8 heteroatoms. The number of pyridine rings is 1. The molecule has 21 heavy (non-hydrogen) atoms. The first-order valence-electron chi connectivity index (χ1n) is 6.46. The number of hydrazine groups is 1. The lowest BCUT2D eigenvalue weighted by Gasteiger charge is -2.19. The van der Waals surface area contributed by atoms with Crippen LogP contribution in [0.1, 0.15) is 17.4 Å². The van der Waals surface area contributed by atoms with Crippen molar-refractivity contribution < 1.29 is 0 Å². The lowest BCUT2D eigenvalue weighted by Crippen LogP contribution is -2.32. The maximum Gasteiger partial charge on any atom is 0.106 e. The molecule has 114 valence electrons. The normalized spacial score (nSPS) is 12.9. The molecule has 2 heterocycles. The van der Waals surface area contributed by atoms with Gasteiger partial charge in [-0.2, -0.15) is 5.10 Å². The van der Waals surface area contributed by atoms with E-state index in [4.69, 9.17) is 17.4 Å². The molecular weight excluding hydrogens is 356 g/mol. The predicted octanol–water partition coefficient (Wildman–Crippen LogP) is 1.81. The molecule has 0 aliphatic carbocycles. The van der Waals surface area contributed by atoms with Gasteiger partial charge < -0.3 is 4.90 Å². The molecular formula is C13H18BrClN6. The molecule has 0 aromatic carbocycles. The molecule has 0 aliphatic rings. The summed E-state index contributed by atoms with van der Waals surface area (Å²) in [4.78, 5) is 6.47. The Kier molecular flexibility index (Phi) is 5.72. The molecule has 0 radical (unpaired) electrons. The average molecular weight is 374 g/mol. The summed E-state index contributed by atoms with van der Waals surface area (Å²) >= 11 is 9.66. The van der Waals surface area contributed by atoms with Crippen LogP contribution >= 0.6 is 27.5 Å². The number of aromatic nitrogens is 3. The molecule has 0 amide bonds. The first-order chi connectivity index (χ1) is 10.0. The molecule has 0 aliphatic heterocycles. The lowest BCUT2D eigenvalue weighted by molar-refractivity contribution is 0.365. The predicted molar refractivity (Wildman–Crippen MR) is 86.9 cm³/mol. The molecule has 0 spiro atoms. The zero-order valence-corrected chi connectivity index (χ0v) is 14.3. The number of likely N-dealkylation sites (N-methyl/N-ethyl adjacent to an activating group) is 1. The molecule has 0 saturated heterocycles. The Morgan fingerprint density at radius 2 is 2.19 bits per heavy atom. The summed E-state index contributed by atoms with van der Waals surface area (Å²) in [6.45, 7) is 1.58. The van der Waals surface area contributed by atoms with Crippen LogP contribution in [-0.2, 0) is 6.54 Å². The molecule has 2 aromatic heterocycles. The number of nitrogens with one attached hydrogen (secondary N) is 1. The van der Waals surface area contributed by atoms with Crippen molar-refractivity contribution in [1.82, 2.24) is 25.1 Å². The minimum Gasteiger partial charge on any atom is -0.308 e. The number of hydrogen-bond donors (Lipinski definition) is 2. The third kappa shape index (κ3) is 4.02. The van der Waals surface area contributed by atoms with Gasteiger partial charge in [-0.25, -0.2) is 5.43 Å². The SMILES string of the molecule is CN(C)CCn1ncc(Cl)c1C(NN)c1ccc(Br)cn1.